The number of nitrogens with zero attached hydrogens (tertiary/aromatic N) is 1. The maximum absolute atomic E-state index is 12.6. The largest absolute Gasteiger partial charge is 0.478 e. The van der Waals surface area contributed by atoms with Crippen LogP contribution in [0.1, 0.15) is 43.3 Å². The van der Waals surface area contributed by atoms with Gasteiger partial charge >= 0.3 is 12.1 Å². The van der Waals surface area contributed by atoms with Gasteiger partial charge in [-0.25, -0.2) is 9.59 Å². The molecule has 0 atom stereocenters. The van der Waals surface area contributed by atoms with Gasteiger partial charge in [-0.1, -0.05) is 54.6 Å². The molecular formula is C26H22N2O5. The maximum atomic E-state index is 12.6. The molecule has 0 bridgehead atoms. The minimum atomic E-state index is -1.07. The van der Waals surface area contributed by atoms with Gasteiger partial charge in [-0.15, -0.1) is 0 Å². The summed E-state index contributed by atoms with van der Waals surface area (Å²) in [7, 11) is 0. The van der Waals surface area contributed by atoms with Crippen molar-refractivity contribution in [2.75, 3.05) is 19.7 Å². The molecule has 7 heteroatoms. The molecule has 2 aliphatic rings. The SMILES string of the molecule is O=C(NCCN1Cc2ccc(C(=O)O)cc2C1=O)OCC1c2ccccc2-c2ccccc21. The normalized spacial score (nSPS) is 13.9. The molecule has 0 fully saturated rings. The molecule has 7 nitrogen and oxygen atoms in total. The number of fused-ring (bicyclic) bond motifs is 4. The average Bonchev–Trinajstić information content (AvgIpc) is 3.32. The van der Waals surface area contributed by atoms with Gasteiger partial charge in [-0.3, -0.25) is 4.79 Å². The number of amides is 2. The van der Waals surface area contributed by atoms with Crippen LogP contribution >= 0.6 is 0 Å². The van der Waals surface area contributed by atoms with Crippen LogP contribution in [0, 0.1) is 0 Å². The lowest BCUT2D eigenvalue weighted by atomic mass is 9.98. The Hall–Kier alpha value is -4.13. The van der Waals surface area contributed by atoms with E-state index in [2.05, 4.69) is 29.6 Å². The molecule has 3 aromatic rings. The highest BCUT2D eigenvalue weighted by Gasteiger charge is 2.30. The summed E-state index contributed by atoms with van der Waals surface area (Å²) in [5.74, 6) is -1.32. The van der Waals surface area contributed by atoms with E-state index in [1.807, 2.05) is 24.3 Å². The van der Waals surface area contributed by atoms with Crippen LogP contribution in [0.5, 0.6) is 0 Å². The smallest absolute Gasteiger partial charge is 0.407 e. The van der Waals surface area contributed by atoms with Gasteiger partial charge in [0, 0.05) is 31.1 Å². The first-order chi connectivity index (χ1) is 16.0. The Bertz CT molecular complexity index is 1220. The quantitative estimate of drug-likeness (QED) is 0.604. The van der Waals surface area contributed by atoms with Crippen molar-refractivity contribution in [3.05, 3.63) is 94.5 Å². The minimum absolute atomic E-state index is 0.0127. The summed E-state index contributed by atoms with van der Waals surface area (Å²) in [5, 5.41) is 11.8. The number of carboxylic acid groups (broad SMARTS) is 1. The van der Waals surface area contributed by atoms with E-state index < -0.39 is 12.1 Å². The van der Waals surface area contributed by atoms with Gasteiger partial charge in [-0.2, -0.15) is 0 Å². The zero-order valence-electron chi connectivity index (χ0n) is 17.8. The first-order valence-corrected chi connectivity index (χ1v) is 10.8. The lowest BCUT2D eigenvalue weighted by Gasteiger charge is -2.17. The van der Waals surface area contributed by atoms with E-state index in [0.29, 0.717) is 18.7 Å². The summed E-state index contributed by atoms with van der Waals surface area (Å²) in [6.07, 6.45) is -0.533. The van der Waals surface area contributed by atoms with Crippen molar-refractivity contribution in [2.45, 2.75) is 12.5 Å². The predicted molar refractivity (Wildman–Crippen MR) is 121 cm³/mol. The van der Waals surface area contributed by atoms with E-state index in [0.717, 1.165) is 16.7 Å². The molecule has 2 N–H and O–H groups in total. The van der Waals surface area contributed by atoms with Crippen molar-refractivity contribution in [1.29, 1.82) is 0 Å². The number of hydrogen-bond acceptors (Lipinski definition) is 4. The van der Waals surface area contributed by atoms with Gasteiger partial charge < -0.3 is 20.1 Å². The van der Waals surface area contributed by atoms with Crippen LogP contribution in [0.15, 0.2) is 66.7 Å². The second-order valence-electron chi connectivity index (χ2n) is 8.16. The zero-order chi connectivity index (χ0) is 22.9. The van der Waals surface area contributed by atoms with Crippen molar-refractivity contribution in [3.8, 4) is 11.1 Å². The number of nitrogens with one attached hydrogen (secondary N) is 1. The second kappa shape index (κ2) is 8.43. The Morgan fingerprint density at radius 3 is 2.30 bits per heavy atom. The first kappa shape index (κ1) is 20.8. The number of aromatic carboxylic acids is 1. The molecule has 3 aromatic carbocycles. The second-order valence-corrected chi connectivity index (χ2v) is 8.16. The number of rotatable bonds is 6. The van der Waals surface area contributed by atoms with E-state index in [-0.39, 0.29) is 30.5 Å². The molecule has 1 aliphatic carbocycles. The third-order valence-electron chi connectivity index (χ3n) is 6.23. The summed E-state index contributed by atoms with van der Waals surface area (Å²) in [4.78, 5) is 37.6. The van der Waals surface area contributed by atoms with Crippen molar-refractivity contribution in [2.24, 2.45) is 0 Å². The number of hydrogen-bond donors (Lipinski definition) is 2. The number of carbonyl (C=O) groups excluding carboxylic acids is 2. The highest BCUT2D eigenvalue weighted by Crippen LogP contribution is 2.44. The number of carboxylic acids is 1. The number of carbonyl (C=O) groups is 3. The molecule has 0 aromatic heterocycles. The Morgan fingerprint density at radius 2 is 1.64 bits per heavy atom. The fourth-order valence-corrected chi connectivity index (χ4v) is 4.62. The van der Waals surface area contributed by atoms with Gasteiger partial charge in [0.1, 0.15) is 6.61 Å². The third-order valence-corrected chi connectivity index (χ3v) is 6.23. The Kier molecular flexibility index (Phi) is 5.30. The van der Waals surface area contributed by atoms with Gasteiger partial charge in [0.05, 0.1) is 5.56 Å². The van der Waals surface area contributed by atoms with E-state index in [9.17, 15) is 14.4 Å². The van der Waals surface area contributed by atoms with E-state index in [1.165, 1.54) is 23.3 Å². The van der Waals surface area contributed by atoms with Gasteiger partial charge in [0.15, 0.2) is 0 Å². The molecule has 0 saturated heterocycles. The number of alkyl carbamates (subject to hydrolysis) is 1. The van der Waals surface area contributed by atoms with Crippen LogP contribution < -0.4 is 5.32 Å². The topological polar surface area (TPSA) is 95.9 Å². The van der Waals surface area contributed by atoms with Crippen LogP contribution in [0.2, 0.25) is 0 Å². The summed E-state index contributed by atoms with van der Waals surface area (Å²) in [6, 6.07) is 20.8. The minimum Gasteiger partial charge on any atom is -0.478 e. The molecular weight excluding hydrogens is 420 g/mol. The van der Waals surface area contributed by atoms with Crippen LogP contribution in [0.4, 0.5) is 4.79 Å². The van der Waals surface area contributed by atoms with Crippen molar-refractivity contribution >= 4 is 18.0 Å². The fourth-order valence-electron chi connectivity index (χ4n) is 4.62. The first-order valence-electron chi connectivity index (χ1n) is 10.8. The number of ether oxygens (including phenoxy) is 1. The Morgan fingerprint density at radius 1 is 0.970 bits per heavy atom. The summed E-state index contributed by atoms with van der Waals surface area (Å²) >= 11 is 0. The molecule has 0 saturated carbocycles. The van der Waals surface area contributed by atoms with Crippen molar-refractivity contribution in [3.63, 3.8) is 0 Å². The van der Waals surface area contributed by atoms with E-state index in [1.54, 1.807) is 11.0 Å². The fraction of sp³-hybridized carbons (Fsp3) is 0.192. The molecule has 0 unspecified atom stereocenters. The van der Waals surface area contributed by atoms with Crippen molar-refractivity contribution in [1.82, 2.24) is 10.2 Å². The summed E-state index contributed by atoms with van der Waals surface area (Å²) in [6.45, 7) is 1.16. The summed E-state index contributed by atoms with van der Waals surface area (Å²) < 4.78 is 5.52. The molecule has 1 aliphatic heterocycles. The summed E-state index contributed by atoms with van der Waals surface area (Å²) in [5.41, 5.74) is 5.89. The predicted octanol–water partition coefficient (Wildman–Crippen LogP) is 3.88. The maximum Gasteiger partial charge on any atom is 0.407 e. The van der Waals surface area contributed by atoms with Gasteiger partial charge in [0.25, 0.3) is 5.91 Å². The molecule has 0 spiro atoms. The molecule has 33 heavy (non-hydrogen) atoms. The lowest BCUT2D eigenvalue weighted by molar-refractivity contribution is 0.0696. The van der Waals surface area contributed by atoms with E-state index in [4.69, 9.17) is 9.84 Å². The zero-order valence-corrected chi connectivity index (χ0v) is 17.8. The highest BCUT2D eigenvalue weighted by molar-refractivity contribution is 6.01. The van der Waals surface area contributed by atoms with Crippen LogP contribution in [-0.2, 0) is 11.3 Å². The molecule has 166 valence electrons. The van der Waals surface area contributed by atoms with Crippen LogP contribution in [0.25, 0.3) is 11.1 Å². The van der Waals surface area contributed by atoms with Crippen LogP contribution in [0.3, 0.4) is 0 Å². The Balaban J connectivity index is 1.15. The third kappa shape index (κ3) is 3.82. The van der Waals surface area contributed by atoms with E-state index >= 15 is 0 Å². The molecule has 2 amide bonds. The van der Waals surface area contributed by atoms with Crippen LogP contribution in [-0.4, -0.2) is 47.7 Å². The number of benzene rings is 3. The van der Waals surface area contributed by atoms with Crippen molar-refractivity contribution < 1.29 is 24.2 Å². The average molecular weight is 442 g/mol. The molecule has 0 radical (unpaired) electrons. The molecule has 1 heterocycles. The van der Waals surface area contributed by atoms with Gasteiger partial charge in [-0.05, 0) is 39.9 Å². The standard InChI is InChI=1S/C26H22N2O5/c29-24-22-13-16(25(30)31)9-10-17(22)14-28(24)12-11-27-26(32)33-15-23-20-7-3-1-5-18(20)19-6-2-4-8-21(19)23/h1-10,13,23H,11-12,14-15H2,(H,27,32)(H,30,31). The monoisotopic (exact) mass is 442 g/mol. The molecule has 5 rings (SSSR count). The van der Waals surface area contributed by atoms with Gasteiger partial charge in [0.2, 0.25) is 0 Å². The highest BCUT2D eigenvalue weighted by atomic mass is 16.5. The lowest BCUT2D eigenvalue weighted by Crippen LogP contribution is -2.35. The Labute approximate surface area is 190 Å².